The number of halogens is 1. The third-order valence-corrected chi connectivity index (χ3v) is 6.74. The topological polar surface area (TPSA) is 89.9 Å². The van der Waals surface area contributed by atoms with E-state index in [4.69, 9.17) is 0 Å². The van der Waals surface area contributed by atoms with Gasteiger partial charge >= 0.3 is 0 Å². The van der Waals surface area contributed by atoms with Crippen molar-refractivity contribution < 1.29 is 18.6 Å². The van der Waals surface area contributed by atoms with Gasteiger partial charge in [-0.3, -0.25) is 4.90 Å². The summed E-state index contributed by atoms with van der Waals surface area (Å²) in [6.45, 7) is 2.10. The molecular weight excluding hydrogens is 456 g/mol. The van der Waals surface area contributed by atoms with Crippen LogP contribution in [0.3, 0.4) is 0 Å². The molecule has 2 aromatic carbocycles. The molecule has 3 rings (SSSR count). The molecule has 1 aliphatic heterocycles. The van der Waals surface area contributed by atoms with Gasteiger partial charge in [0.2, 0.25) is 0 Å². The average molecular weight is 483 g/mol. The molecule has 6 nitrogen and oxygen atoms in total. The van der Waals surface area contributed by atoms with Crippen LogP contribution in [0, 0.1) is 0 Å². The molecule has 8 heteroatoms. The molecule has 0 saturated carbocycles. The third kappa shape index (κ3) is 6.26. The van der Waals surface area contributed by atoms with E-state index in [0.717, 1.165) is 36.3 Å². The highest BCUT2D eigenvalue weighted by Gasteiger charge is 2.26. The van der Waals surface area contributed by atoms with Crippen LogP contribution in [0.2, 0.25) is 0 Å². The molecule has 0 radical (unpaired) electrons. The third-order valence-electron chi connectivity index (χ3n) is 5.19. The number of nitrogens with one attached hydrogen (secondary N) is 1. The number of aliphatic hydroxyl groups excluding tert-OH is 2. The first-order chi connectivity index (χ1) is 13.7. The second-order valence-corrected chi connectivity index (χ2v) is 10.5. The lowest BCUT2D eigenvalue weighted by Crippen LogP contribution is -2.45. The largest absolute Gasteiger partial charge is 0.395 e. The van der Waals surface area contributed by atoms with E-state index in [2.05, 4.69) is 38.3 Å². The fourth-order valence-corrected chi connectivity index (χ4v) is 4.96. The van der Waals surface area contributed by atoms with Gasteiger partial charge in [-0.1, -0.05) is 40.2 Å². The van der Waals surface area contributed by atoms with E-state index in [9.17, 15) is 18.6 Å². The summed E-state index contributed by atoms with van der Waals surface area (Å²) in [5.41, 5.74) is 2.96. The normalized spacial score (nSPS) is 20.6. The Hall–Kier alpha value is -1.45. The minimum atomic E-state index is -3.28. The van der Waals surface area contributed by atoms with Crippen molar-refractivity contribution >= 4 is 31.5 Å². The monoisotopic (exact) mass is 482 g/mol. The van der Waals surface area contributed by atoms with Crippen LogP contribution in [-0.2, 0) is 22.9 Å². The van der Waals surface area contributed by atoms with Gasteiger partial charge in [0.1, 0.15) is 0 Å². The molecule has 1 aliphatic rings. The van der Waals surface area contributed by atoms with E-state index >= 15 is 0 Å². The van der Waals surface area contributed by atoms with E-state index < -0.39 is 9.84 Å². The van der Waals surface area contributed by atoms with Crippen molar-refractivity contribution in [3.05, 3.63) is 58.1 Å². The number of piperidine rings is 1. The fourth-order valence-electron chi connectivity index (χ4n) is 3.63. The maximum atomic E-state index is 11.8. The second-order valence-electron chi connectivity index (χ2n) is 7.61. The Bertz CT molecular complexity index is 951. The highest BCUT2D eigenvalue weighted by molar-refractivity contribution is 9.10. The number of nitrogens with zero attached hydrogens (tertiary/aromatic N) is 1. The van der Waals surface area contributed by atoms with E-state index in [1.165, 1.54) is 6.26 Å². The van der Waals surface area contributed by atoms with Gasteiger partial charge in [0.05, 0.1) is 17.6 Å². The molecule has 2 atom stereocenters. The summed E-state index contributed by atoms with van der Waals surface area (Å²) in [5.74, 6) is 0. The molecule has 0 aliphatic carbocycles. The van der Waals surface area contributed by atoms with Gasteiger partial charge in [-0.05, 0) is 42.2 Å². The Balaban J connectivity index is 1.67. The molecule has 158 valence electrons. The molecule has 0 aromatic heterocycles. The standard InChI is InChI=1S/C21H27BrN2O4S/c1-29(27,28)21-9-17(22)8-18(10-21)23-12-15-3-2-4-16(7-15)13-24-6-5-20(26)11-19(24)14-25/h2-4,7-10,19-20,23,25-26H,5-6,11-14H2,1H3. The fraction of sp³-hybridized carbons (Fsp3) is 0.429. The number of sulfone groups is 1. The maximum Gasteiger partial charge on any atom is 0.175 e. The lowest BCUT2D eigenvalue weighted by Gasteiger charge is -2.37. The van der Waals surface area contributed by atoms with Crippen molar-refractivity contribution in [3.8, 4) is 0 Å². The predicted molar refractivity (Wildman–Crippen MR) is 118 cm³/mol. The first kappa shape index (κ1) is 22.2. The van der Waals surface area contributed by atoms with Gasteiger partial charge in [-0.25, -0.2) is 8.42 Å². The first-order valence-corrected chi connectivity index (χ1v) is 12.3. The van der Waals surface area contributed by atoms with Crippen LogP contribution < -0.4 is 5.32 Å². The zero-order valence-electron chi connectivity index (χ0n) is 16.4. The number of benzene rings is 2. The smallest absolute Gasteiger partial charge is 0.175 e. The molecule has 3 N–H and O–H groups in total. The summed E-state index contributed by atoms with van der Waals surface area (Å²) in [7, 11) is -3.28. The summed E-state index contributed by atoms with van der Waals surface area (Å²) in [6.07, 6.45) is 2.19. The van der Waals surface area contributed by atoms with Crippen molar-refractivity contribution in [1.82, 2.24) is 4.90 Å². The average Bonchev–Trinajstić information content (AvgIpc) is 2.67. The summed E-state index contributed by atoms with van der Waals surface area (Å²) >= 11 is 3.37. The van der Waals surface area contributed by atoms with E-state index in [1.807, 2.05) is 18.2 Å². The summed E-state index contributed by atoms with van der Waals surface area (Å²) in [5, 5.41) is 22.7. The highest BCUT2D eigenvalue weighted by atomic mass is 79.9. The van der Waals surface area contributed by atoms with Crippen molar-refractivity contribution in [1.29, 1.82) is 0 Å². The molecule has 0 bridgehead atoms. The van der Waals surface area contributed by atoms with Crippen molar-refractivity contribution in [2.45, 2.75) is 43.0 Å². The minimum absolute atomic E-state index is 0.0170. The van der Waals surface area contributed by atoms with Crippen LogP contribution in [-0.4, -0.2) is 55.1 Å². The number of aliphatic hydroxyl groups is 2. The highest BCUT2D eigenvalue weighted by Crippen LogP contribution is 2.24. The van der Waals surface area contributed by atoms with Crippen LogP contribution >= 0.6 is 15.9 Å². The molecule has 1 saturated heterocycles. The van der Waals surface area contributed by atoms with Crippen LogP contribution in [0.5, 0.6) is 0 Å². The van der Waals surface area contributed by atoms with Gasteiger partial charge in [-0.15, -0.1) is 0 Å². The van der Waals surface area contributed by atoms with Gasteiger partial charge < -0.3 is 15.5 Å². The van der Waals surface area contributed by atoms with Gasteiger partial charge in [0.25, 0.3) is 0 Å². The Morgan fingerprint density at radius 3 is 2.69 bits per heavy atom. The SMILES string of the molecule is CS(=O)(=O)c1cc(Br)cc(NCc2cccc(CN3CCC(O)CC3CO)c2)c1. The molecule has 1 heterocycles. The Morgan fingerprint density at radius 2 is 1.97 bits per heavy atom. The zero-order chi connectivity index (χ0) is 21.0. The minimum Gasteiger partial charge on any atom is -0.395 e. The Labute approximate surface area is 180 Å². The Morgan fingerprint density at radius 1 is 1.21 bits per heavy atom. The number of hydrogen-bond acceptors (Lipinski definition) is 6. The number of rotatable bonds is 7. The lowest BCUT2D eigenvalue weighted by atomic mass is 9.99. The quantitative estimate of drug-likeness (QED) is 0.562. The van der Waals surface area contributed by atoms with E-state index in [1.54, 1.807) is 12.1 Å². The van der Waals surface area contributed by atoms with E-state index in [0.29, 0.717) is 17.4 Å². The van der Waals surface area contributed by atoms with Crippen molar-refractivity contribution in [2.24, 2.45) is 0 Å². The van der Waals surface area contributed by atoms with E-state index in [-0.39, 0.29) is 23.6 Å². The van der Waals surface area contributed by atoms with Gasteiger partial charge in [0, 0.05) is 42.1 Å². The number of anilines is 1. The van der Waals surface area contributed by atoms with Gasteiger partial charge in [-0.2, -0.15) is 0 Å². The first-order valence-electron chi connectivity index (χ1n) is 9.60. The van der Waals surface area contributed by atoms with Crippen molar-refractivity contribution in [3.63, 3.8) is 0 Å². The maximum absolute atomic E-state index is 11.8. The lowest BCUT2D eigenvalue weighted by molar-refractivity contribution is 0.0129. The van der Waals surface area contributed by atoms with Crippen molar-refractivity contribution in [2.75, 3.05) is 24.7 Å². The van der Waals surface area contributed by atoms with Crippen LogP contribution in [0.25, 0.3) is 0 Å². The van der Waals surface area contributed by atoms with Crippen LogP contribution in [0.4, 0.5) is 5.69 Å². The Kier molecular flexibility index (Phi) is 7.34. The molecule has 0 amide bonds. The van der Waals surface area contributed by atoms with Crippen LogP contribution in [0.15, 0.2) is 51.8 Å². The molecule has 2 unspecified atom stereocenters. The molecule has 29 heavy (non-hydrogen) atoms. The van der Waals surface area contributed by atoms with Crippen LogP contribution in [0.1, 0.15) is 24.0 Å². The van der Waals surface area contributed by atoms with Gasteiger partial charge in [0.15, 0.2) is 9.84 Å². The molecule has 2 aromatic rings. The zero-order valence-corrected chi connectivity index (χ0v) is 18.8. The molecular formula is C21H27BrN2O4S. The molecule has 1 fully saturated rings. The summed E-state index contributed by atoms with van der Waals surface area (Å²) < 4.78 is 24.4. The second kappa shape index (κ2) is 9.57. The summed E-state index contributed by atoms with van der Waals surface area (Å²) in [4.78, 5) is 2.48. The predicted octanol–water partition coefficient (Wildman–Crippen LogP) is 2.78. The molecule has 0 spiro atoms. The number of hydrogen-bond donors (Lipinski definition) is 3. The summed E-state index contributed by atoms with van der Waals surface area (Å²) in [6, 6.07) is 13.3. The number of likely N-dealkylation sites (tertiary alicyclic amines) is 1.